The molecule has 1 aromatic heterocycles. The first-order chi connectivity index (χ1) is 6.41. The Morgan fingerprint density at radius 1 is 1.50 bits per heavy atom. The van der Waals surface area contributed by atoms with Gasteiger partial charge in [-0.1, -0.05) is 6.07 Å². The molecular formula is C8H7BrF3NO. The quantitative estimate of drug-likeness (QED) is 0.836. The van der Waals surface area contributed by atoms with Gasteiger partial charge in [0, 0.05) is 12.6 Å². The minimum Gasteiger partial charge on any atom is -0.383 e. The van der Waals surface area contributed by atoms with Crippen molar-refractivity contribution in [3.05, 3.63) is 28.5 Å². The fraction of sp³-hybridized carbons (Fsp3) is 0.375. The summed E-state index contributed by atoms with van der Waals surface area (Å²) in [6.45, 7) is 0. The van der Waals surface area contributed by atoms with Gasteiger partial charge in [-0.25, -0.2) is 4.98 Å². The molecule has 14 heavy (non-hydrogen) atoms. The van der Waals surface area contributed by atoms with E-state index in [2.05, 4.69) is 20.9 Å². The molecule has 0 amide bonds. The lowest BCUT2D eigenvalue weighted by Crippen LogP contribution is -2.30. The lowest BCUT2D eigenvalue weighted by molar-refractivity contribution is -0.203. The number of aliphatic hydroxyl groups excluding tert-OH is 1. The number of hydrogen-bond acceptors (Lipinski definition) is 2. The van der Waals surface area contributed by atoms with Crippen LogP contribution in [-0.4, -0.2) is 22.4 Å². The maximum absolute atomic E-state index is 12.0. The molecule has 0 fully saturated rings. The SMILES string of the molecule is OC(Cc1cccnc1Br)C(F)(F)F. The van der Waals surface area contributed by atoms with Crippen LogP contribution in [0, 0.1) is 0 Å². The first-order valence-corrected chi connectivity index (χ1v) is 4.54. The highest BCUT2D eigenvalue weighted by atomic mass is 79.9. The number of rotatable bonds is 2. The molecule has 1 rings (SSSR count). The first-order valence-electron chi connectivity index (χ1n) is 3.75. The Kier molecular flexibility index (Phi) is 3.49. The Morgan fingerprint density at radius 2 is 2.14 bits per heavy atom. The van der Waals surface area contributed by atoms with Crippen molar-refractivity contribution in [1.82, 2.24) is 4.98 Å². The minimum absolute atomic E-state index is 0.322. The molecule has 0 radical (unpaired) electrons. The van der Waals surface area contributed by atoms with E-state index in [-0.39, 0.29) is 0 Å². The second-order valence-electron chi connectivity index (χ2n) is 2.71. The van der Waals surface area contributed by atoms with E-state index in [1.807, 2.05) is 0 Å². The van der Waals surface area contributed by atoms with Crippen molar-refractivity contribution in [1.29, 1.82) is 0 Å². The highest BCUT2D eigenvalue weighted by Gasteiger charge is 2.38. The van der Waals surface area contributed by atoms with E-state index in [9.17, 15) is 13.2 Å². The third-order valence-corrected chi connectivity index (χ3v) is 2.34. The van der Waals surface area contributed by atoms with Crippen molar-refractivity contribution in [2.45, 2.75) is 18.7 Å². The number of nitrogens with zero attached hydrogens (tertiary/aromatic N) is 1. The maximum atomic E-state index is 12.0. The molecule has 6 heteroatoms. The van der Waals surface area contributed by atoms with E-state index in [0.29, 0.717) is 10.2 Å². The number of alkyl halides is 3. The zero-order valence-electron chi connectivity index (χ0n) is 6.92. The van der Waals surface area contributed by atoms with Gasteiger partial charge in [0.1, 0.15) is 4.60 Å². The van der Waals surface area contributed by atoms with Gasteiger partial charge in [0.25, 0.3) is 0 Å². The van der Waals surface area contributed by atoms with Gasteiger partial charge in [-0.3, -0.25) is 0 Å². The largest absolute Gasteiger partial charge is 0.414 e. The van der Waals surface area contributed by atoms with Gasteiger partial charge in [-0.15, -0.1) is 0 Å². The fourth-order valence-corrected chi connectivity index (χ4v) is 1.31. The van der Waals surface area contributed by atoms with Gasteiger partial charge in [-0.05, 0) is 27.6 Å². The summed E-state index contributed by atoms with van der Waals surface area (Å²) in [5.74, 6) is 0. The molecule has 0 aliphatic carbocycles. The van der Waals surface area contributed by atoms with E-state index in [4.69, 9.17) is 5.11 Å². The molecule has 0 saturated heterocycles. The Bertz CT molecular complexity index is 316. The van der Waals surface area contributed by atoms with Gasteiger partial charge in [0.05, 0.1) is 0 Å². The van der Waals surface area contributed by atoms with Crippen molar-refractivity contribution in [2.75, 3.05) is 0 Å². The van der Waals surface area contributed by atoms with Crippen molar-refractivity contribution in [2.24, 2.45) is 0 Å². The lowest BCUT2D eigenvalue weighted by Gasteiger charge is -2.14. The normalized spacial score (nSPS) is 14.1. The molecule has 0 spiro atoms. The number of halogens is 4. The monoisotopic (exact) mass is 269 g/mol. The summed E-state index contributed by atoms with van der Waals surface area (Å²) in [6.07, 6.45) is -5.97. The molecule has 0 aromatic carbocycles. The van der Waals surface area contributed by atoms with Crippen LogP contribution in [0.3, 0.4) is 0 Å². The smallest absolute Gasteiger partial charge is 0.383 e. The van der Waals surface area contributed by atoms with Crippen LogP contribution in [-0.2, 0) is 6.42 Å². The fourth-order valence-electron chi connectivity index (χ4n) is 0.896. The second kappa shape index (κ2) is 4.27. The topological polar surface area (TPSA) is 33.1 Å². The highest BCUT2D eigenvalue weighted by molar-refractivity contribution is 9.10. The van der Waals surface area contributed by atoms with E-state index in [1.165, 1.54) is 18.3 Å². The Balaban J connectivity index is 2.75. The summed E-state index contributed by atoms with van der Waals surface area (Å²) in [6, 6.07) is 3.00. The summed E-state index contributed by atoms with van der Waals surface area (Å²) >= 11 is 3.00. The predicted octanol–water partition coefficient (Wildman–Crippen LogP) is 2.31. The standard InChI is InChI=1S/C8H7BrF3NO/c9-7-5(2-1-3-13-7)4-6(14)8(10,11)12/h1-3,6,14H,4H2. The van der Waals surface area contributed by atoms with Gasteiger partial charge in [-0.2, -0.15) is 13.2 Å². The van der Waals surface area contributed by atoms with Crippen LogP contribution in [0.25, 0.3) is 0 Å². The van der Waals surface area contributed by atoms with Crippen molar-refractivity contribution in [3.8, 4) is 0 Å². The molecule has 1 unspecified atom stereocenters. The summed E-state index contributed by atoms with van der Waals surface area (Å²) < 4.78 is 36.3. The van der Waals surface area contributed by atoms with Gasteiger partial charge < -0.3 is 5.11 Å². The zero-order chi connectivity index (χ0) is 10.8. The number of pyridine rings is 1. The van der Waals surface area contributed by atoms with Crippen LogP contribution in [0.5, 0.6) is 0 Å². The maximum Gasteiger partial charge on any atom is 0.414 e. The van der Waals surface area contributed by atoms with Crippen LogP contribution >= 0.6 is 15.9 Å². The summed E-state index contributed by atoms with van der Waals surface area (Å²) in [5, 5.41) is 8.79. The highest BCUT2D eigenvalue weighted by Crippen LogP contribution is 2.24. The molecule has 1 N–H and O–H groups in total. The first kappa shape index (κ1) is 11.5. The van der Waals surface area contributed by atoms with Crippen LogP contribution < -0.4 is 0 Å². The molecule has 2 nitrogen and oxygen atoms in total. The Hall–Kier alpha value is -0.620. The number of hydrogen-bond donors (Lipinski definition) is 1. The predicted molar refractivity (Wildman–Crippen MR) is 47.7 cm³/mol. The lowest BCUT2D eigenvalue weighted by atomic mass is 10.1. The van der Waals surface area contributed by atoms with Crippen molar-refractivity contribution in [3.63, 3.8) is 0 Å². The number of aliphatic hydroxyl groups is 1. The third-order valence-electron chi connectivity index (χ3n) is 1.63. The van der Waals surface area contributed by atoms with Gasteiger partial charge in [0.15, 0.2) is 6.10 Å². The summed E-state index contributed by atoms with van der Waals surface area (Å²) in [7, 11) is 0. The average Bonchev–Trinajstić information content (AvgIpc) is 2.07. The van der Waals surface area contributed by atoms with E-state index in [1.54, 1.807) is 0 Å². The summed E-state index contributed by atoms with van der Waals surface area (Å²) in [4.78, 5) is 3.75. The molecule has 0 aliphatic rings. The van der Waals surface area contributed by atoms with E-state index < -0.39 is 18.7 Å². The van der Waals surface area contributed by atoms with Crippen LogP contribution in [0.15, 0.2) is 22.9 Å². The molecule has 0 saturated carbocycles. The van der Waals surface area contributed by atoms with Gasteiger partial charge >= 0.3 is 6.18 Å². The van der Waals surface area contributed by atoms with E-state index in [0.717, 1.165) is 0 Å². The molecule has 1 aromatic rings. The zero-order valence-corrected chi connectivity index (χ0v) is 8.51. The second-order valence-corrected chi connectivity index (χ2v) is 3.47. The Morgan fingerprint density at radius 3 is 2.64 bits per heavy atom. The van der Waals surface area contributed by atoms with Gasteiger partial charge in [0.2, 0.25) is 0 Å². The van der Waals surface area contributed by atoms with E-state index >= 15 is 0 Å². The molecular weight excluding hydrogens is 263 g/mol. The molecule has 0 aliphatic heterocycles. The van der Waals surface area contributed by atoms with Crippen molar-refractivity contribution < 1.29 is 18.3 Å². The number of aromatic nitrogens is 1. The van der Waals surface area contributed by atoms with Crippen molar-refractivity contribution >= 4 is 15.9 Å². The Labute approximate surface area is 86.9 Å². The molecule has 1 heterocycles. The van der Waals surface area contributed by atoms with Crippen LogP contribution in [0.2, 0.25) is 0 Å². The van der Waals surface area contributed by atoms with Crippen LogP contribution in [0.1, 0.15) is 5.56 Å². The average molecular weight is 270 g/mol. The minimum atomic E-state index is -4.59. The molecule has 0 bridgehead atoms. The summed E-state index contributed by atoms with van der Waals surface area (Å²) in [5.41, 5.74) is 0.331. The molecule has 1 atom stereocenters. The molecule has 78 valence electrons. The van der Waals surface area contributed by atoms with Crippen LogP contribution in [0.4, 0.5) is 13.2 Å². The third kappa shape index (κ3) is 2.95.